The summed E-state index contributed by atoms with van der Waals surface area (Å²) in [6.45, 7) is 6.43. The van der Waals surface area contributed by atoms with Crippen LogP contribution in [0.1, 0.15) is 25.8 Å². The number of hydrogen-bond donors (Lipinski definition) is 0. The van der Waals surface area contributed by atoms with Crippen molar-refractivity contribution in [3.63, 3.8) is 0 Å². The van der Waals surface area contributed by atoms with Gasteiger partial charge in [0, 0.05) is 18.8 Å². The summed E-state index contributed by atoms with van der Waals surface area (Å²) < 4.78 is 13.5. The molecule has 1 saturated heterocycles. The number of benzene rings is 1. The molecule has 0 N–H and O–H groups in total. The molecule has 0 amide bonds. The van der Waals surface area contributed by atoms with Crippen LogP contribution in [0.2, 0.25) is 0 Å². The minimum absolute atomic E-state index is 0.119. The Hall–Kier alpha value is -1.56. The van der Waals surface area contributed by atoms with Crippen LogP contribution >= 0.6 is 0 Å². The third-order valence-electron chi connectivity index (χ3n) is 3.61. The van der Waals surface area contributed by atoms with Gasteiger partial charge in [-0.15, -0.1) is 0 Å². The molecule has 2 rings (SSSR count). The van der Waals surface area contributed by atoms with Crippen molar-refractivity contribution in [2.75, 3.05) is 18.0 Å². The third-order valence-corrected chi connectivity index (χ3v) is 3.61. The third kappa shape index (κ3) is 2.41. The SMILES string of the molecule is CC(C)C1CCN(c2ccc(C#N)c(F)c2)C1. The summed E-state index contributed by atoms with van der Waals surface area (Å²) >= 11 is 0. The zero-order valence-corrected chi connectivity index (χ0v) is 10.3. The van der Waals surface area contributed by atoms with Gasteiger partial charge >= 0.3 is 0 Å². The summed E-state index contributed by atoms with van der Waals surface area (Å²) in [5.41, 5.74) is 1.01. The number of nitrogens with zero attached hydrogens (tertiary/aromatic N) is 2. The number of nitriles is 1. The van der Waals surface area contributed by atoms with E-state index in [0.717, 1.165) is 18.8 Å². The average molecular weight is 232 g/mol. The molecule has 1 heterocycles. The molecule has 1 unspecified atom stereocenters. The summed E-state index contributed by atoms with van der Waals surface area (Å²) in [6, 6.07) is 6.72. The number of anilines is 1. The van der Waals surface area contributed by atoms with Crippen LogP contribution < -0.4 is 4.90 Å². The van der Waals surface area contributed by atoms with Gasteiger partial charge in [-0.2, -0.15) is 5.26 Å². The summed E-state index contributed by atoms with van der Waals surface area (Å²) in [6.07, 6.45) is 1.17. The van der Waals surface area contributed by atoms with Gasteiger partial charge in [0.1, 0.15) is 11.9 Å². The van der Waals surface area contributed by atoms with Crippen molar-refractivity contribution in [3.8, 4) is 6.07 Å². The van der Waals surface area contributed by atoms with Crippen molar-refractivity contribution in [2.45, 2.75) is 20.3 Å². The first kappa shape index (κ1) is 11.9. The molecule has 1 aromatic rings. The van der Waals surface area contributed by atoms with Gasteiger partial charge in [0.25, 0.3) is 0 Å². The molecule has 0 radical (unpaired) electrons. The van der Waals surface area contributed by atoms with Crippen molar-refractivity contribution >= 4 is 5.69 Å². The lowest BCUT2D eigenvalue weighted by atomic mass is 9.95. The topological polar surface area (TPSA) is 27.0 Å². The second-order valence-corrected chi connectivity index (χ2v) is 5.01. The van der Waals surface area contributed by atoms with Crippen molar-refractivity contribution in [3.05, 3.63) is 29.6 Å². The minimum Gasteiger partial charge on any atom is -0.371 e. The van der Waals surface area contributed by atoms with Crippen LogP contribution in [0.3, 0.4) is 0 Å². The first-order valence-corrected chi connectivity index (χ1v) is 6.06. The molecule has 0 spiro atoms. The van der Waals surface area contributed by atoms with E-state index in [2.05, 4.69) is 18.7 Å². The fourth-order valence-corrected chi connectivity index (χ4v) is 2.36. The molecular weight excluding hydrogens is 215 g/mol. The van der Waals surface area contributed by atoms with Gasteiger partial charge in [-0.1, -0.05) is 13.8 Å². The average Bonchev–Trinajstić information content (AvgIpc) is 2.78. The van der Waals surface area contributed by atoms with E-state index < -0.39 is 5.82 Å². The predicted molar refractivity (Wildman–Crippen MR) is 66.3 cm³/mol. The lowest BCUT2D eigenvalue weighted by Crippen LogP contribution is -2.21. The molecule has 1 aliphatic rings. The van der Waals surface area contributed by atoms with E-state index in [9.17, 15) is 4.39 Å². The largest absolute Gasteiger partial charge is 0.371 e. The normalized spacial score (nSPS) is 19.7. The maximum Gasteiger partial charge on any atom is 0.143 e. The summed E-state index contributed by atoms with van der Waals surface area (Å²) in [5.74, 6) is 0.940. The Morgan fingerprint density at radius 1 is 1.47 bits per heavy atom. The molecule has 1 aliphatic heterocycles. The highest BCUT2D eigenvalue weighted by Gasteiger charge is 2.25. The Bertz CT molecular complexity index is 448. The first-order valence-electron chi connectivity index (χ1n) is 6.06. The molecule has 17 heavy (non-hydrogen) atoms. The number of rotatable bonds is 2. The molecule has 3 heteroatoms. The standard InChI is InChI=1S/C14H17FN2/c1-10(2)12-5-6-17(9-12)13-4-3-11(8-16)14(15)7-13/h3-4,7,10,12H,5-6,9H2,1-2H3. The Labute approximate surface area is 102 Å². The highest BCUT2D eigenvalue weighted by atomic mass is 19.1. The molecular formula is C14H17FN2. The lowest BCUT2D eigenvalue weighted by molar-refractivity contribution is 0.422. The Morgan fingerprint density at radius 3 is 2.76 bits per heavy atom. The van der Waals surface area contributed by atoms with Gasteiger partial charge in [0.15, 0.2) is 0 Å². The van der Waals surface area contributed by atoms with Gasteiger partial charge in [-0.05, 0) is 36.5 Å². The summed E-state index contributed by atoms with van der Waals surface area (Å²) in [7, 11) is 0. The zero-order chi connectivity index (χ0) is 12.4. The molecule has 0 aliphatic carbocycles. The second kappa shape index (κ2) is 4.75. The molecule has 1 aromatic carbocycles. The Morgan fingerprint density at radius 2 is 2.24 bits per heavy atom. The summed E-state index contributed by atoms with van der Waals surface area (Å²) in [5, 5.41) is 8.69. The number of halogens is 1. The summed E-state index contributed by atoms with van der Waals surface area (Å²) in [4.78, 5) is 2.20. The Balaban J connectivity index is 2.15. The fraction of sp³-hybridized carbons (Fsp3) is 0.500. The zero-order valence-electron chi connectivity index (χ0n) is 10.3. The highest BCUT2D eigenvalue weighted by molar-refractivity contribution is 5.51. The quantitative estimate of drug-likeness (QED) is 0.783. The smallest absolute Gasteiger partial charge is 0.143 e. The van der Waals surface area contributed by atoms with Gasteiger partial charge < -0.3 is 4.90 Å². The van der Waals surface area contributed by atoms with Gasteiger partial charge in [0.2, 0.25) is 0 Å². The van der Waals surface area contributed by atoms with Gasteiger partial charge in [-0.3, -0.25) is 0 Å². The van der Waals surface area contributed by atoms with Crippen molar-refractivity contribution in [1.29, 1.82) is 5.26 Å². The molecule has 0 aromatic heterocycles. The molecule has 90 valence electrons. The second-order valence-electron chi connectivity index (χ2n) is 5.01. The maximum absolute atomic E-state index is 13.5. The molecule has 1 fully saturated rings. The molecule has 0 bridgehead atoms. The van der Waals surface area contributed by atoms with Crippen molar-refractivity contribution in [2.24, 2.45) is 11.8 Å². The molecule has 1 atom stereocenters. The lowest BCUT2D eigenvalue weighted by Gasteiger charge is -2.20. The number of hydrogen-bond acceptors (Lipinski definition) is 2. The fourth-order valence-electron chi connectivity index (χ4n) is 2.36. The van der Waals surface area contributed by atoms with Crippen LogP contribution in [0, 0.1) is 29.0 Å². The highest BCUT2D eigenvalue weighted by Crippen LogP contribution is 2.28. The van der Waals surface area contributed by atoms with Crippen LogP contribution in [0.15, 0.2) is 18.2 Å². The van der Waals surface area contributed by atoms with Crippen LogP contribution in [-0.4, -0.2) is 13.1 Å². The molecule has 2 nitrogen and oxygen atoms in total. The maximum atomic E-state index is 13.5. The van der Waals surface area contributed by atoms with Crippen molar-refractivity contribution in [1.82, 2.24) is 0 Å². The first-order chi connectivity index (χ1) is 8.11. The van der Waals surface area contributed by atoms with E-state index in [1.807, 2.05) is 12.1 Å². The van der Waals surface area contributed by atoms with E-state index in [1.165, 1.54) is 12.5 Å². The van der Waals surface area contributed by atoms with E-state index in [4.69, 9.17) is 5.26 Å². The van der Waals surface area contributed by atoms with E-state index in [0.29, 0.717) is 11.8 Å². The van der Waals surface area contributed by atoms with E-state index in [1.54, 1.807) is 6.07 Å². The van der Waals surface area contributed by atoms with Gasteiger partial charge in [-0.25, -0.2) is 4.39 Å². The van der Waals surface area contributed by atoms with Crippen LogP contribution in [0.25, 0.3) is 0 Å². The molecule has 0 saturated carbocycles. The monoisotopic (exact) mass is 232 g/mol. The van der Waals surface area contributed by atoms with Crippen LogP contribution in [0.4, 0.5) is 10.1 Å². The van der Waals surface area contributed by atoms with E-state index >= 15 is 0 Å². The van der Waals surface area contributed by atoms with Crippen molar-refractivity contribution < 1.29 is 4.39 Å². The Kier molecular flexibility index (Phi) is 3.33. The van der Waals surface area contributed by atoms with Crippen LogP contribution in [-0.2, 0) is 0 Å². The van der Waals surface area contributed by atoms with Crippen LogP contribution in [0.5, 0.6) is 0 Å². The minimum atomic E-state index is -0.419. The predicted octanol–water partition coefficient (Wildman–Crippen LogP) is 3.18. The van der Waals surface area contributed by atoms with E-state index in [-0.39, 0.29) is 5.56 Å². The van der Waals surface area contributed by atoms with Gasteiger partial charge in [0.05, 0.1) is 5.56 Å².